The zero-order chi connectivity index (χ0) is 32.6. The lowest BCUT2D eigenvalue weighted by Gasteiger charge is -2.44. The first kappa shape index (κ1) is 36.5. The van der Waals surface area contributed by atoms with Gasteiger partial charge in [-0.1, -0.05) is 77.6 Å². The third-order valence-electron chi connectivity index (χ3n) is 8.09. The zero-order valence-corrected chi connectivity index (χ0v) is 26.1. The number of amides is 2. The molecule has 1 fully saturated rings. The number of hydrogen-bond acceptors (Lipinski definition) is 12. The van der Waals surface area contributed by atoms with Crippen molar-refractivity contribution in [1.82, 2.24) is 30.6 Å². The lowest BCUT2D eigenvalue weighted by molar-refractivity contribution is -0.204. The summed E-state index contributed by atoms with van der Waals surface area (Å²) >= 11 is 0. The quantitative estimate of drug-likeness (QED) is 0.0857. The van der Waals surface area contributed by atoms with Crippen molar-refractivity contribution >= 4 is 28.8 Å². The van der Waals surface area contributed by atoms with Gasteiger partial charge in [0.2, 0.25) is 11.8 Å². The second-order valence-corrected chi connectivity index (χ2v) is 11.8. The summed E-state index contributed by atoms with van der Waals surface area (Å²) in [6, 6.07) is -1.33. The number of carbonyl (C=O) groups is 2. The average molecular weight is 638 g/mol. The number of carbonyl (C=O) groups excluding carboxylic acids is 2. The maximum atomic E-state index is 12.7. The summed E-state index contributed by atoms with van der Waals surface area (Å²) < 4.78 is 5.77. The molecule has 0 bridgehead atoms. The van der Waals surface area contributed by atoms with E-state index in [1.807, 2.05) is 0 Å². The molecule has 0 unspecified atom stereocenters. The van der Waals surface area contributed by atoms with Gasteiger partial charge >= 0.3 is 0 Å². The number of rotatable bonds is 21. The van der Waals surface area contributed by atoms with E-state index in [1.54, 1.807) is 0 Å². The Balaban J connectivity index is 1.38. The fourth-order valence-corrected chi connectivity index (χ4v) is 5.50. The molecule has 0 radical (unpaired) electrons. The fourth-order valence-electron chi connectivity index (χ4n) is 5.50. The topological polar surface area (TPSA) is 235 Å². The van der Waals surface area contributed by atoms with Crippen molar-refractivity contribution in [3.8, 4) is 0 Å². The highest BCUT2D eigenvalue weighted by Gasteiger charge is 2.48. The zero-order valence-electron chi connectivity index (χ0n) is 26.1. The number of aliphatic hydroxyl groups is 5. The summed E-state index contributed by atoms with van der Waals surface area (Å²) in [5.74, 6) is -1.02. The van der Waals surface area contributed by atoms with Gasteiger partial charge in [0.15, 0.2) is 17.7 Å². The fraction of sp³-hybridized carbons (Fsp3) is 0.767. The van der Waals surface area contributed by atoms with E-state index in [4.69, 9.17) is 4.74 Å². The highest BCUT2D eigenvalue weighted by atomic mass is 16.5. The SMILES string of the molecule is CCCCCCCCCCCCC[C@@H](O)CC(=O)NCC(=O)N[C@@H]1[C@@H](O)[C@@H](O)[C@@H](Nc2ncnc3nc[nH]c23)O[C@H]1[C@@H](O)CO. The second kappa shape index (κ2) is 19.5. The number of imidazole rings is 1. The van der Waals surface area contributed by atoms with Crippen LogP contribution in [0, 0.1) is 0 Å². The van der Waals surface area contributed by atoms with E-state index in [-0.39, 0.29) is 12.2 Å². The van der Waals surface area contributed by atoms with Gasteiger partial charge in [-0.05, 0) is 6.42 Å². The summed E-state index contributed by atoms with van der Waals surface area (Å²) in [6.07, 6.45) is 7.93. The van der Waals surface area contributed by atoms with Crippen molar-refractivity contribution in [2.24, 2.45) is 0 Å². The second-order valence-electron chi connectivity index (χ2n) is 11.8. The lowest BCUT2D eigenvalue weighted by Crippen LogP contribution is -2.68. The van der Waals surface area contributed by atoms with E-state index in [2.05, 4.69) is 42.8 Å². The number of H-pyrrole nitrogens is 1. The monoisotopic (exact) mass is 637 g/mol. The summed E-state index contributed by atoms with van der Waals surface area (Å²) in [4.78, 5) is 39.9. The van der Waals surface area contributed by atoms with Crippen LogP contribution in [-0.2, 0) is 14.3 Å². The molecule has 2 amide bonds. The van der Waals surface area contributed by atoms with Crippen LogP contribution in [0.15, 0.2) is 12.7 Å². The molecule has 1 saturated heterocycles. The standard InChI is InChI=1S/C30H51N7O8/c1-2-3-4-5-6-7-8-9-10-11-12-13-19(39)14-21(41)31-15-22(42)36-23-25(43)26(44)30(45-27(23)20(40)16-38)37-29-24-28(33-17-32-24)34-18-35-29/h17-20,23,25-27,30,38-40,43-44H,2-16H2,1H3,(H,31,41)(H,36,42)(H2,32,33,34,35,37)/t19-,20+,23-,25-,26-,27+,30+/m1/s1. The first-order valence-corrected chi connectivity index (χ1v) is 16.2. The lowest BCUT2D eigenvalue weighted by atomic mass is 9.92. The van der Waals surface area contributed by atoms with Gasteiger partial charge in [0.25, 0.3) is 0 Å². The molecule has 45 heavy (non-hydrogen) atoms. The van der Waals surface area contributed by atoms with E-state index in [1.165, 1.54) is 64.0 Å². The first-order chi connectivity index (χ1) is 21.7. The van der Waals surface area contributed by atoms with Crippen LogP contribution in [0.25, 0.3) is 11.2 Å². The molecule has 1 aliphatic rings. The van der Waals surface area contributed by atoms with Crippen LogP contribution >= 0.6 is 0 Å². The summed E-state index contributed by atoms with van der Waals surface area (Å²) in [5.41, 5.74) is 0.760. The molecule has 3 rings (SSSR count). The number of nitrogens with zero attached hydrogens (tertiary/aromatic N) is 3. The molecule has 3 heterocycles. The molecule has 1 aliphatic heterocycles. The summed E-state index contributed by atoms with van der Waals surface area (Å²) in [6.45, 7) is 1.00. The predicted molar refractivity (Wildman–Crippen MR) is 166 cm³/mol. The highest BCUT2D eigenvalue weighted by Crippen LogP contribution is 2.26. The van der Waals surface area contributed by atoms with Gasteiger partial charge in [-0.2, -0.15) is 0 Å². The molecule has 0 spiro atoms. The minimum absolute atomic E-state index is 0.148. The molecule has 15 nitrogen and oxygen atoms in total. The summed E-state index contributed by atoms with van der Waals surface area (Å²) in [7, 11) is 0. The number of hydrogen-bond donors (Lipinski definition) is 9. The Morgan fingerprint density at radius 3 is 2.27 bits per heavy atom. The van der Waals surface area contributed by atoms with E-state index >= 15 is 0 Å². The number of nitrogens with one attached hydrogen (secondary N) is 4. The van der Waals surface area contributed by atoms with Gasteiger partial charge in [-0.3, -0.25) is 9.59 Å². The van der Waals surface area contributed by atoms with Crippen LogP contribution in [0.5, 0.6) is 0 Å². The normalized spacial score (nSPS) is 23.0. The van der Waals surface area contributed by atoms with Crippen LogP contribution in [0.3, 0.4) is 0 Å². The van der Waals surface area contributed by atoms with Crippen molar-refractivity contribution in [1.29, 1.82) is 0 Å². The van der Waals surface area contributed by atoms with Crippen LogP contribution in [0.2, 0.25) is 0 Å². The number of aromatic amines is 1. The molecule has 7 atom stereocenters. The Morgan fingerprint density at radius 1 is 0.933 bits per heavy atom. The molecule has 2 aromatic heterocycles. The van der Waals surface area contributed by atoms with E-state index in [0.717, 1.165) is 19.3 Å². The van der Waals surface area contributed by atoms with Crippen LogP contribution in [-0.4, -0.2) is 113 Å². The molecule has 0 aliphatic carbocycles. The first-order valence-electron chi connectivity index (χ1n) is 16.2. The Bertz CT molecular complexity index is 1150. The number of unbranched alkanes of at least 4 members (excludes halogenated alkanes) is 10. The molecular weight excluding hydrogens is 586 g/mol. The third-order valence-corrected chi connectivity index (χ3v) is 8.09. The van der Waals surface area contributed by atoms with Crippen LogP contribution < -0.4 is 16.0 Å². The average Bonchev–Trinajstić information content (AvgIpc) is 3.52. The number of aromatic nitrogens is 4. The van der Waals surface area contributed by atoms with Crippen molar-refractivity contribution in [2.75, 3.05) is 18.5 Å². The van der Waals surface area contributed by atoms with Gasteiger partial charge < -0.3 is 51.2 Å². The van der Waals surface area contributed by atoms with Gasteiger partial charge in [0, 0.05) is 0 Å². The smallest absolute Gasteiger partial charge is 0.239 e. The molecule has 0 saturated carbocycles. The van der Waals surface area contributed by atoms with Gasteiger partial charge in [0.1, 0.15) is 36.3 Å². The minimum Gasteiger partial charge on any atom is -0.394 e. The van der Waals surface area contributed by atoms with E-state index < -0.39 is 67.8 Å². The number of fused-ring (bicyclic) bond motifs is 1. The van der Waals surface area contributed by atoms with Crippen molar-refractivity contribution in [3.05, 3.63) is 12.7 Å². The number of ether oxygens (including phenoxy) is 1. The van der Waals surface area contributed by atoms with E-state index in [0.29, 0.717) is 17.6 Å². The Labute approximate surface area is 263 Å². The molecule has 15 heteroatoms. The van der Waals surface area contributed by atoms with Crippen LogP contribution in [0.1, 0.15) is 90.4 Å². The predicted octanol–water partition coefficient (Wildman–Crippen LogP) is 0.618. The summed E-state index contributed by atoms with van der Waals surface area (Å²) in [5, 5.41) is 59.6. The number of anilines is 1. The van der Waals surface area contributed by atoms with Gasteiger partial charge in [0.05, 0.1) is 38.0 Å². The largest absolute Gasteiger partial charge is 0.394 e. The molecule has 254 valence electrons. The maximum absolute atomic E-state index is 12.7. The Kier molecular flexibility index (Phi) is 15.9. The minimum atomic E-state index is -1.63. The molecule has 2 aromatic rings. The third kappa shape index (κ3) is 11.7. The van der Waals surface area contributed by atoms with Crippen LogP contribution in [0.4, 0.5) is 5.82 Å². The molecular formula is C30H51N7O8. The van der Waals surface area contributed by atoms with Crippen molar-refractivity contribution in [3.63, 3.8) is 0 Å². The van der Waals surface area contributed by atoms with Crippen molar-refractivity contribution < 1.29 is 39.9 Å². The van der Waals surface area contributed by atoms with Gasteiger partial charge in [-0.15, -0.1) is 0 Å². The van der Waals surface area contributed by atoms with Crippen molar-refractivity contribution in [2.45, 2.75) is 133 Å². The molecule has 0 aromatic carbocycles. The number of aliphatic hydroxyl groups excluding tert-OH is 5. The highest BCUT2D eigenvalue weighted by molar-refractivity contribution is 5.85. The molecule has 9 N–H and O–H groups in total. The maximum Gasteiger partial charge on any atom is 0.239 e. The Morgan fingerprint density at radius 2 is 1.60 bits per heavy atom. The Hall–Kier alpha value is -2.95. The van der Waals surface area contributed by atoms with Gasteiger partial charge in [-0.25, -0.2) is 15.0 Å². The van der Waals surface area contributed by atoms with E-state index in [9.17, 15) is 35.1 Å².